The molecule has 106 valence electrons. The second-order valence-electron chi connectivity index (χ2n) is 5.55. The summed E-state index contributed by atoms with van der Waals surface area (Å²) in [6, 6.07) is 16.2. The van der Waals surface area contributed by atoms with Gasteiger partial charge in [-0.05, 0) is 28.2 Å². The second-order valence-corrected chi connectivity index (χ2v) is 7.69. The molecule has 20 heavy (non-hydrogen) atoms. The highest BCUT2D eigenvalue weighted by atomic mass is 32.2. The van der Waals surface area contributed by atoms with Crippen LogP contribution in [-0.4, -0.2) is 14.7 Å². The van der Waals surface area contributed by atoms with Crippen LogP contribution in [0.5, 0.6) is 0 Å². The highest BCUT2D eigenvalue weighted by Gasteiger charge is 2.07. The summed E-state index contributed by atoms with van der Waals surface area (Å²) in [4.78, 5) is 0. The standard InChI is InChI=1S/C17H20O2S/c1-13(2)15-7-5-9-17(11-15)16-8-4-6-14(10-16)12-20(3,18)19/h4-11,13H,12H2,1-3H3. The Kier molecular flexibility index (Phi) is 4.29. The molecule has 0 aliphatic carbocycles. The van der Waals surface area contributed by atoms with Gasteiger partial charge in [-0.2, -0.15) is 0 Å². The summed E-state index contributed by atoms with van der Waals surface area (Å²) >= 11 is 0. The quantitative estimate of drug-likeness (QED) is 0.851. The van der Waals surface area contributed by atoms with Crippen LogP contribution in [0.1, 0.15) is 30.9 Å². The molecule has 2 rings (SSSR count). The van der Waals surface area contributed by atoms with Crippen molar-refractivity contribution in [3.63, 3.8) is 0 Å². The average Bonchev–Trinajstić information content (AvgIpc) is 2.37. The summed E-state index contributed by atoms with van der Waals surface area (Å²) in [5.41, 5.74) is 4.32. The molecular formula is C17H20O2S. The van der Waals surface area contributed by atoms with Gasteiger partial charge < -0.3 is 0 Å². The normalized spacial score (nSPS) is 11.8. The van der Waals surface area contributed by atoms with Gasteiger partial charge in [0.25, 0.3) is 0 Å². The van der Waals surface area contributed by atoms with Crippen LogP contribution >= 0.6 is 0 Å². The van der Waals surface area contributed by atoms with Crippen LogP contribution in [-0.2, 0) is 15.6 Å². The Bertz CT molecular complexity index is 700. The van der Waals surface area contributed by atoms with E-state index in [1.165, 1.54) is 11.8 Å². The van der Waals surface area contributed by atoms with Gasteiger partial charge in [-0.3, -0.25) is 0 Å². The van der Waals surface area contributed by atoms with Gasteiger partial charge in [-0.1, -0.05) is 62.4 Å². The summed E-state index contributed by atoms with van der Waals surface area (Å²) in [5.74, 6) is 0.569. The first-order valence-electron chi connectivity index (χ1n) is 6.72. The third kappa shape index (κ3) is 3.94. The topological polar surface area (TPSA) is 34.1 Å². The van der Waals surface area contributed by atoms with Crippen LogP contribution in [0.4, 0.5) is 0 Å². The molecule has 0 aliphatic rings. The lowest BCUT2D eigenvalue weighted by Crippen LogP contribution is -2.00. The number of hydrogen-bond donors (Lipinski definition) is 0. The van der Waals surface area contributed by atoms with E-state index in [2.05, 4.69) is 32.0 Å². The van der Waals surface area contributed by atoms with E-state index in [1.54, 1.807) is 0 Å². The molecule has 0 saturated heterocycles. The molecule has 2 aromatic carbocycles. The molecule has 0 heterocycles. The van der Waals surface area contributed by atoms with Crippen LogP contribution < -0.4 is 0 Å². The molecule has 0 bridgehead atoms. The maximum Gasteiger partial charge on any atom is 0.151 e. The summed E-state index contributed by atoms with van der Waals surface area (Å²) in [7, 11) is -3.00. The fourth-order valence-corrected chi connectivity index (χ4v) is 3.01. The highest BCUT2D eigenvalue weighted by molar-refractivity contribution is 7.89. The van der Waals surface area contributed by atoms with Crippen LogP contribution in [0.15, 0.2) is 48.5 Å². The zero-order valence-corrected chi connectivity index (χ0v) is 12.9. The zero-order valence-electron chi connectivity index (χ0n) is 12.1. The molecule has 2 aromatic rings. The van der Waals surface area contributed by atoms with Crippen molar-refractivity contribution in [2.75, 3.05) is 6.26 Å². The molecule has 3 heteroatoms. The fraction of sp³-hybridized carbons (Fsp3) is 0.294. The minimum Gasteiger partial charge on any atom is -0.229 e. The predicted molar refractivity (Wildman–Crippen MR) is 84.5 cm³/mol. The Hall–Kier alpha value is -1.61. The van der Waals surface area contributed by atoms with Crippen molar-refractivity contribution in [2.24, 2.45) is 0 Å². The van der Waals surface area contributed by atoms with Crippen molar-refractivity contribution in [3.8, 4) is 11.1 Å². The van der Waals surface area contributed by atoms with Crippen LogP contribution in [0.25, 0.3) is 11.1 Å². The summed E-state index contributed by atoms with van der Waals surface area (Å²) in [5, 5.41) is 0. The monoisotopic (exact) mass is 288 g/mol. The largest absolute Gasteiger partial charge is 0.229 e. The number of hydrogen-bond acceptors (Lipinski definition) is 2. The predicted octanol–water partition coefficient (Wildman–Crippen LogP) is 4.02. The molecule has 0 aliphatic heterocycles. The molecular weight excluding hydrogens is 268 g/mol. The lowest BCUT2D eigenvalue weighted by molar-refractivity contribution is 0.601. The summed E-state index contributed by atoms with van der Waals surface area (Å²) in [6.45, 7) is 4.33. The van der Waals surface area contributed by atoms with Crippen molar-refractivity contribution in [2.45, 2.75) is 25.5 Å². The third-order valence-corrected chi connectivity index (χ3v) is 4.10. The first kappa shape index (κ1) is 14.8. The van der Waals surface area contributed by atoms with Crippen LogP contribution in [0.2, 0.25) is 0 Å². The minimum absolute atomic E-state index is 0.0880. The first-order chi connectivity index (χ1) is 9.35. The molecule has 0 fully saturated rings. The van der Waals surface area contributed by atoms with Gasteiger partial charge in [-0.25, -0.2) is 8.42 Å². The van der Waals surface area contributed by atoms with Crippen molar-refractivity contribution in [3.05, 3.63) is 59.7 Å². The Morgan fingerprint density at radius 2 is 1.55 bits per heavy atom. The molecule has 0 saturated carbocycles. The Morgan fingerprint density at radius 1 is 0.950 bits per heavy atom. The van der Waals surface area contributed by atoms with E-state index in [0.29, 0.717) is 5.92 Å². The maximum atomic E-state index is 11.4. The Balaban J connectivity index is 2.38. The Morgan fingerprint density at radius 3 is 2.15 bits per heavy atom. The number of rotatable bonds is 4. The SMILES string of the molecule is CC(C)c1cccc(-c2cccc(CS(C)(=O)=O)c2)c1. The van der Waals surface area contributed by atoms with Crippen LogP contribution in [0, 0.1) is 0 Å². The molecule has 0 aromatic heterocycles. The second kappa shape index (κ2) is 5.80. The zero-order chi connectivity index (χ0) is 14.8. The van der Waals surface area contributed by atoms with E-state index in [0.717, 1.165) is 16.7 Å². The summed E-state index contributed by atoms with van der Waals surface area (Å²) < 4.78 is 22.8. The van der Waals surface area contributed by atoms with Gasteiger partial charge in [0.1, 0.15) is 0 Å². The molecule has 0 radical (unpaired) electrons. The van der Waals surface area contributed by atoms with Crippen molar-refractivity contribution >= 4 is 9.84 Å². The van der Waals surface area contributed by atoms with E-state index in [1.807, 2.05) is 30.3 Å². The lowest BCUT2D eigenvalue weighted by atomic mass is 9.97. The lowest BCUT2D eigenvalue weighted by Gasteiger charge is -2.09. The van der Waals surface area contributed by atoms with Crippen molar-refractivity contribution in [1.82, 2.24) is 0 Å². The molecule has 0 spiro atoms. The first-order valence-corrected chi connectivity index (χ1v) is 8.78. The molecule has 0 unspecified atom stereocenters. The van der Waals surface area contributed by atoms with E-state index in [-0.39, 0.29) is 5.75 Å². The molecule has 2 nitrogen and oxygen atoms in total. The van der Waals surface area contributed by atoms with Gasteiger partial charge in [0.05, 0.1) is 5.75 Å². The molecule has 0 amide bonds. The van der Waals surface area contributed by atoms with Crippen LogP contribution in [0.3, 0.4) is 0 Å². The number of sulfone groups is 1. The van der Waals surface area contributed by atoms with Gasteiger partial charge in [0.2, 0.25) is 0 Å². The van der Waals surface area contributed by atoms with Gasteiger partial charge >= 0.3 is 0 Å². The van der Waals surface area contributed by atoms with Gasteiger partial charge in [-0.15, -0.1) is 0 Å². The van der Waals surface area contributed by atoms with E-state index < -0.39 is 9.84 Å². The number of benzene rings is 2. The average molecular weight is 288 g/mol. The maximum absolute atomic E-state index is 11.4. The Labute approximate surface area is 121 Å². The van der Waals surface area contributed by atoms with Gasteiger partial charge in [0, 0.05) is 6.26 Å². The van der Waals surface area contributed by atoms with E-state index in [4.69, 9.17) is 0 Å². The van der Waals surface area contributed by atoms with E-state index in [9.17, 15) is 8.42 Å². The third-order valence-electron chi connectivity index (χ3n) is 3.24. The van der Waals surface area contributed by atoms with E-state index >= 15 is 0 Å². The highest BCUT2D eigenvalue weighted by Crippen LogP contribution is 2.25. The molecule has 0 atom stereocenters. The minimum atomic E-state index is -3.00. The smallest absolute Gasteiger partial charge is 0.151 e. The van der Waals surface area contributed by atoms with Crippen molar-refractivity contribution < 1.29 is 8.42 Å². The molecule has 0 N–H and O–H groups in total. The summed E-state index contributed by atoms with van der Waals surface area (Å²) in [6.07, 6.45) is 1.26. The van der Waals surface area contributed by atoms with Crippen molar-refractivity contribution in [1.29, 1.82) is 0 Å². The fourth-order valence-electron chi connectivity index (χ4n) is 2.22. The van der Waals surface area contributed by atoms with Gasteiger partial charge in [0.15, 0.2) is 9.84 Å².